The third kappa shape index (κ3) is 38.3. The molecule has 2 unspecified atom stereocenters. The number of phosphoric acid groups is 1. The Morgan fingerprint density at radius 3 is 1.81 bits per heavy atom. The number of ether oxygens (including phenoxy) is 2. The summed E-state index contributed by atoms with van der Waals surface area (Å²) in [4.78, 5) is 37.4. The lowest BCUT2D eigenvalue weighted by molar-refractivity contribution is -0.870. The average Bonchev–Trinajstić information content (AvgIpc) is 3.09. The lowest BCUT2D eigenvalue weighted by Gasteiger charge is -2.28. The van der Waals surface area contributed by atoms with Crippen LogP contribution < -0.4 is 4.89 Å². The number of esters is 2. The molecule has 0 heterocycles. The quantitative estimate of drug-likeness (QED) is 0.0164. The molecular formula is C42H78NO9P. The van der Waals surface area contributed by atoms with Crippen molar-refractivity contribution in [2.75, 3.05) is 47.5 Å². The van der Waals surface area contributed by atoms with Gasteiger partial charge >= 0.3 is 11.9 Å². The summed E-state index contributed by atoms with van der Waals surface area (Å²) in [6.45, 7) is 3.96. The molecule has 0 amide bonds. The molecule has 0 fully saturated rings. The highest BCUT2D eigenvalue weighted by atomic mass is 31.2. The molecule has 0 saturated carbocycles. The van der Waals surface area contributed by atoms with Crippen molar-refractivity contribution in [2.45, 2.75) is 174 Å². The Hall–Kier alpha value is -1.81. The topological polar surface area (TPSA) is 131 Å². The standard InChI is InChI=1S/C42H78NO9P/c1-6-8-10-11-12-13-14-15-16-19-23-26-30-34-42(46)52-40(38-51-53(47,48)50-36-35-43(3,4)5)37-49-41(45)33-29-25-22-20-17-18-21-24-28-32-39(44)31-27-9-7-2/h9,21,24,27-28,32,39-40,44H,6-8,10-20,22-23,25-26,29-31,33-38H2,1-5H3/b24-21+,27-9+,32-28+/t39?,40-/m1/s1. The van der Waals surface area contributed by atoms with Gasteiger partial charge in [0.15, 0.2) is 6.10 Å². The molecule has 53 heavy (non-hydrogen) atoms. The highest BCUT2D eigenvalue weighted by Gasteiger charge is 2.21. The molecule has 3 atom stereocenters. The van der Waals surface area contributed by atoms with Gasteiger partial charge in [0.05, 0.1) is 33.9 Å². The van der Waals surface area contributed by atoms with E-state index in [1.165, 1.54) is 57.8 Å². The monoisotopic (exact) mass is 772 g/mol. The van der Waals surface area contributed by atoms with Crippen LogP contribution in [0.1, 0.15) is 162 Å². The first-order valence-electron chi connectivity index (χ1n) is 20.8. The smallest absolute Gasteiger partial charge is 0.306 e. The number of rotatable bonds is 37. The minimum atomic E-state index is -4.63. The lowest BCUT2D eigenvalue weighted by Crippen LogP contribution is -2.37. The lowest BCUT2D eigenvalue weighted by atomic mass is 10.0. The van der Waals surface area contributed by atoms with Crippen molar-refractivity contribution in [1.82, 2.24) is 0 Å². The predicted molar refractivity (Wildman–Crippen MR) is 214 cm³/mol. The number of likely N-dealkylation sites (N-methyl/N-ethyl adjacent to an activating group) is 1. The third-order valence-electron chi connectivity index (χ3n) is 8.75. The Balaban J connectivity index is 4.45. The minimum absolute atomic E-state index is 0.0424. The molecule has 0 radical (unpaired) electrons. The summed E-state index contributed by atoms with van der Waals surface area (Å²) >= 11 is 0. The number of quaternary nitrogens is 1. The van der Waals surface area contributed by atoms with E-state index in [1.807, 2.05) is 45.4 Å². The first-order valence-corrected chi connectivity index (χ1v) is 22.3. The van der Waals surface area contributed by atoms with Gasteiger partial charge in [-0.3, -0.25) is 14.2 Å². The number of carbonyl (C=O) groups is 2. The SMILES string of the molecule is CC/C=C/CC(O)/C=C/C=C/CCCCCCCC(=O)OC[C@H](COP(=O)([O-])OCC[N+](C)(C)C)OC(=O)CCCCCCCCCCCCCCC. The zero-order chi connectivity index (χ0) is 39.5. The van der Waals surface area contributed by atoms with E-state index in [-0.39, 0.29) is 26.1 Å². The zero-order valence-electron chi connectivity index (χ0n) is 34.3. The number of carbonyl (C=O) groups excluding carboxylic acids is 2. The van der Waals surface area contributed by atoms with Crippen molar-refractivity contribution < 1.29 is 47.2 Å². The van der Waals surface area contributed by atoms with Gasteiger partial charge in [0.1, 0.15) is 19.8 Å². The van der Waals surface area contributed by atoms with E-state index in [9.17, 15) is 24.2 Å². The maximum Gasteiger partial charge on any atom is 0.306 e. The fraction of sp³-hybridized carbons (Fsp3) is 0.810. The molecule has 11 heteroatoms. The maximum atomic E-state index is 12.6. The summed E-state index contributed by atoms with van der Waals surface area (Å²) in [5, 5.41) is 9.87. The van der Waals surface area contributed by atoms with Gasteiger partial charge in [-0.25, -0.2) is 0 Å². The number of phosphoric ester groups is 1. The van der Waals surface area contributed by atoms with E-state index in [2.05, 4.69) is 19.9 Å². The van der Waals surface area contributed by atoms with Crippen LogP contribution in [-0.2, 0) is 32.7 Å². The summed E-state index contributed by atoms with van der Waals surface area (Å²) in [7, 11) is 1.12. The predicted octanol–water partition coefficient (Wildman–Crippen LogP) is 9.69. The summed E-state index contributed by atoms with van der Waals surface area (Å²) in [6, 6.07) is 0. The second kappa shape index (κ2) is 34.7. The number of hydrogen-bond donors (Lipinski definition) is 1. The van der Waals surface area contributed by atoms with Crippen molar-refractivity contribution in [3.63, 3.8) is 0 Å². The van der Waals surface area contributed by atoms with Crippen molar-refractivity contribution in [2.24, 2.45) is 0 Å². The molecule has 0 bridgehead atoms. The van der Waals surface area contributed by atoms with Crippen LogP contribution in [0.5, 0.6) is 0 Å². The molecule has 310 valence electrons. The number of hydrogen-bond acceptors (Lipinski definition) is 9. The van der Waals surface area contributed by atoms with Crippen molar-refractivity contribution in [3.8, 4) is 0 Å². The van der Waals surface area contributed by atoms with E-state index >= 15 is 0 Å². The van der Waals surface area contributed by atoms with E-state index < -0.39 is 38.6 Å². The largest absolute Gasteiger partial charge is 0.756 e. The van der Waals surface area contributed by atoms with Gasteiger partial charge in [-0.05, 0) is 38.5 Å². The van der Waals surface area contributed by atoms with E-state index in [0.717, 1.165) is 57.8 Å². The molecule has 0 aliphatic carbocycles. The maximum absolute atomic E-state index is 12.6. The Labute approximate surface area is 324 Å². The fourth-order valence-corrected chi connectivity index (χ4v) is 6.18. The second-order valence-electron chi connectivity index (χ2n) is 15.2. The highest BCUT2D eigenvalue weighted by Crippen LogP contribution is 2.38. The Kier molecular flexibility index (Phi) is 33.5. The van der Waals surface area contributed by atoms with Gasteiger partial charge in [-0.2, -0.15) is 0 Å². The number of aliphatic hydroxyl groups is 1. The van der Waals surface area contributed by atoms with Gasteiger partial charge in [0.2, 0.25) is 0 Å². The van der Waals surface area contributed by atoms with Crippen LogP contribution in [0.25, 0.3) is 0 Å². The molecule has 0 aliphatic rings. The van der Waals surface area contributed by atoms with Gasteiger partial charge < -0.3 is 33.0 Å². The Morgan fingerprint density at radius 1 is 0.698 bits per heavy atom. The second-order valence-corrected chi connectivity index (χ2v) is 16.6. The van der Waals surface area contributed by atoms with E-state index in [1.54, 1.807) is 6.08 Å². The van der Waals surface area contributed by atoms with Crippen LogP contribution in [0.15, 0.2) is 36.5 Å². The summed E-state index contributed by atoms with van der Waals surface area (Å²) < 4.78 is 33.8. The summed E-state index contributed by atoms with van der Waals surface area (Å²) in [5.41, 5.74) is 0. The molecule has 0 aromatic carbocycles. The normalized spacial score (nSPS) is 14.6. The molecule has 0 saturated heterocycles. The van der Waals surface area contributed by atoms with Crippen molar-refractivity contribution in [3.05, 3.63) is 36.5 Å². The number of aliphatic hydroxyl groups excluding tert-OH is 1. The molecule has 0 rings (SSSR count). The molecule has 0 aliphatic heterocycles. The number of allylic oxidation sites excluding steroid dienone is 4. The molecule has 1 N–H and O–H groups in total. The fourth-order valence-electron chi connectivity index (χ4n) is 5.45. The molecule has 0 spiro atoms. The average molecular weight is 772 g/mol. The van der Waals surface area contributed by atoms with Crippen molar-refractivity contribution in [1.29, 1.82) is 0 Å². The van der Waals surface area contributed by atoms with Gasteiger partial charge in [0, 0.05) is 12.8 Å². The van der Waals surface area contributed by atoms with E-state index in [0.29, 0.717) is 30.3 Å². The van der Waals surface area contributed by atoms with Crippen LogP contribution in [0.3, 0.4) is 0 Å². The van der Waals surface area contributed by atoms with Crippen LogP contribution in [-0.4, -0.2) is 81.2 Å². The number of unbranched alkanes of at least 4 members (excludes halogenated alkanes) is 17. The first-order chi connectivity index (χ1) is 25.4. The van der Waals surface area contributed by atoms with Crippen molar-refractivity contribution >= 4 is 19.8 Å². The van der Waals surface area contributed by atoms with Crippen LogP contribution in [0.2, 0.25) is 0 Å². The zero-order valence-corrected chi connectivity index (χ0v) is 35.2. The van der Waals surface area contributed by atoms with E-state index in [4.69, 9.17) is 18.5 Å². The third-order valence-corrected chi connectivity index (χ3v) is 9.72. The highest BCUT2D eigenvalue weighted by molar-refractivity contribution is 7.45. The first kappa shape index (κ1) is 51.2. The number of nitrogens with zero attached hydrogens (tertiary/aromatic N) is 1. The molecule has 0 aromatic heterocycles. The molecule has 0 aromatic rings. The molecule has 10 nitrogen and oxygen atoms in total. The Bertz CT molecular complexity index is 1020. The molecular weight excluding hydrogens is 693 g/mol. The van der Waals surface area contributed by atoms with Gasteiger partial charge in [-0.15, -0.1) is 0 Å². The van der Waals surface area contributed by atoms with Crippen LogP contribution in [0, 0.1) is 0 Å². The van der Waals surface area contributed by atoms with Gasteiger partial charge in [0.25, 0.3) is 7.82 Å². The van der Waals surface area contributed by atoms with Crippen LogP contribution in [0.4, 0.5) is 0 Å². The summed E-state index contributed by atoms with van der Waals surface area (Å²) in [5.74, 6) is -0.887. The minimum Gasteiger partial charge on any atom is -0.756 e. The summed E-state index contributed by atoms with van der Waals surface area (Å²) in [6.07, 6.45) is 33.5. The van der Waals surface area contributed by atoms with Gasteiger partial charge in [-0.1, -0.05) is 147 Å². The Morgan fingerprint density at radius 2 is 1.25 bits per heavy atom. The van der Waals surface area contributed by atoms with Crippen LogP contribution >= 0.6 is 7.82 Å².